The van der Waals surface area contributed by atoms with Gasteiger partial charge in [-0.3, -0.25) is 4.79 Å². The van der Waals surface area contributed by atoms with Crippen molar-refractivity contribution in [3.63, 3.8) is 0 Å². The van der Waals surface area contributed by atoms with Gasteiger partial charge in [-0.1, -0.05) is 0 Å². The molecule has 0 aromatic carbocycles. The normalized spacial score (nSPS) is 17.0. The minimum atomic E-state index is -0.0648. The molecule has 0 N–H and O–H groups in total. The van der Waals surface area contributed by atoms with Crippen molar-refractivity contribution in [1.82, 2.24) is 0 Å². The zero-order valence-corrected chi connectivity index (χ0v) is 6.40. The molecule has 0 aromatic heterocycles. The van der Waals surface area contributed by atoms with E-state index < -0.39 is 0 Å². The second kappa shape index (κ2) is 2.30. The van der Waals surface area contributed by atoms with E-state index in [1.54, 1.807) is 0 Å². The van der Waals surface area contributed by atoms with Crippen LogP contribution in [0.15, 0.2) is 0 Å². The monoisotopic (exact) mass is 136 g/mol. The van der Waals surface area contributed by atoms with Gasteiger partial charge < -0.3 is 4.74 Å². The molecule has 1 rings (SSSR count). The zero-order valence-electron chi connectivity index (χ0n) is 3.44. The molecule has 0 saturated carbocycles. The maximum atomic E-state index is 9.68. The van der Waals surface area contributed by atoms with Gasteiger partial charge >= 0.3 is 5.97 Å². The van der Waals surface area contributed by atoms with Gasteiger partial charge in [-0.2, -0.15) is 0 Å². The summed E-state index contributed by atoms with van der Waals surface area (Å²) in [4.78, 5) is 9.68. The Morgan fingerprint density at radius 3 is 2.00 bits per heavy atom. The van der Waals surface area contributed by atoms with Crippen LogP contribution in [0.3, 0.4) is 0 Å². The van der Waals surface area contributed by atoms with Gasteiger partial charge in [-0.05, 0) is 0 Å². The third-order valence-corrected chi connectivity index (χ3v) is 0.569. The average Bonchev–Trinajstić information content (AvgIpc) is 1.30. The Hall–Kier alpha value is 0.0934. The quantitative estimate of drug-likeness (QED) is 0.345. The van der Waals surface area contributed by atoms with Gasteiger partial charge in [0.2, 0.25) is 0 Å². The van der Waals surface area contributed by atoms with Crippen LogP contribution in [-0.2, 0) is 29.0 Å². The first-order valence-electron chi connectivity index (χ1n) is 1.55. The molecule has 1 heterocycles. The minimum Gasteiger partial charge on any atom is -0.465 e. The van der Waals surface area contributed by atoms with Gasteiger partial charge in [0, 0.05) is 19.5 Å². The number of rotatable bonds is 0. The van der Waals surface area contributed by atoms with Crippen molar-refractivity contribution in [1.29, 1.82) is 0 Å². The molecule has 1 aliphatic heterocycles. The van der Waals surface area contributed by atoms with Crippen LogP contribution in [0.4, 0.5) is 0 Å². The third kappa shape index (κ3) is 1.05. The fraction of sp³-hybridized carbons (Fsp3) is 0.667. The minimum absolute atomic E-state index is 0. The molecule has 1 fully saturated rings. The van der Waals surface area contributed by atoms with Crippen molar-refractivity contribution in [2.24, 2.45) is 0 Å². The van der Waals surface area contributed by atoms with Crippen LogP contribution in [0.2, 0.25) is 0 Å². The summed E-state index contributed by atoms with van der Waals surface area (Å²) < 4.78 is 4.29. The van der Waals surface area contributed by atoms with Crippen molar-refractivity contribution in [3.8, 4) is 0 Å². The smallest absolute Gasteiger partial charge is 0.309 e. The standard InChI is InChI=1S/C3H4O2.Zn/c4-3-1-2-5-3;/h1-2H2;. The van der Waals surface area contributed by atoms with Crippen molar-refractivity contribution in [3.05, 3.63) is 0 Å². The van der Waals surface area contributed by atoms with Crippen LogP contribution in [0.5, 0.6) is 0 Å². The summed E-state index contributed by atoms with van der Waals surface area (Å²) in [6.45, 7) is 0.638. The summed E-state index contributed by atoms with van der Waals surface area (Å²) in [5.41, 5.74) is 0. The Bertz CT molecular complexity index is 55.8. The molecule has 2 nitrogen and oxygen atoms in total. The predicted octanol–water partition coefficient (Wildman–Crippen LogP) is -0.0692. The van der Waals surface area contributed by atoms with E-state index >= 15 is 0 Å². The third-order valence-electron chi connectivity index (χ3n) is 0.569. The first kappa shape index (κ1) is 6.09. The first-order chi connectivity index (χ1) is 2.39. The van der Waals surface area contributed by atoms with E-state index in [-0.39, 0.29) is 25.4 Å². The van der Waals surface area contributed by atoms with Gasteiger partial charge in [-0.15, -0.1) is 0 Å². The number of hydrogen-bond donors (Lipinski definition) is 0. The van der Waals surface area contributed by atoms with E-state index in [4.69, 9.17) is 0 Å². The SMILES string of the molecule is O=C1CCO1.[Zn]. The average molecular weight is 137 g/mol. The maximum absolute atomic E-state index is 9.68. The van der Waals surface area contributed by atoms with E-state index in [1.807, 2.05) is 0 Å². The number of esters is 1. The molecule has 1 aliphatic rings. The Labute approximate surface area is 48.6 Å². The molecule has 0 aromatic rings. The Morgan fingerprint density at radius 2 is 2.00 bits per heavy atom. The Morgan fingerprint density at radius 1 is 1.67 bits per heavy atom. The number of cyclic esters (lactones) is 1. The molecule has 0 bridgehead atoms. The molecule has 1 saturated heterocycles. The molecular weight excluding hydrogens is 133 g/mol. The van der Waals surface area contributed by atoms with Crippen LogP contribution in [0.1, 0.15) is 6.42 Å². The number of carbonyl (C=O) groups excluding carboxylic acids is 1. The topological polar surface area (TPSA) is 26.3 Å². The van der Waals surface area contributed by atoms with E-state index in [2.05, 4.69) is 4.74 Å². The fourth-order valence-electron chi connectivity index (χ4n) is 0.185. The second-order valence-corrected chi connectivity index (χ2v) is 0.970. The molecule has 3 heteroatoms. The van der Waals surface area contributed by atoms with Crippen molar-refractivity contribution in [2.45, 2.75) is 6.42 Å². The summed E-state index contributed by atoms with van der Waals surface area (Å²) in [7, 11) is 0. The maximum Gasteiger partial charge on any atom is 0.309 e. The summed E-state index contributed by atoms with van der Waals surface area (Å²) in [5.74, 6) is -0.0648. The summed E-state index contributed by atoms with van der Waals surface area (Å²) >= 11 is 0. The van der Waals surface area contributed by atoms with Crippen molar-refractivity contribution >= 4 is 5.97 Å². The van der Waals surface area contributed by atoms with E-state index in [0.29, 0.717) is 13.0 Å². The molecular formula is C3H4O2Zn. The molecule has 0 spiro atoms. The van der Waals surface area contributed by atoms with Crippen molar-refractivity contribution < 1.29 is 29.0 Å². The van der Waals surface area contributed by atoms with E-state index in [0.717, 1.165) is 0 Å². The van der Waals surface area contributed by atoms with E-state index in [9.17, 15) is 4.79 Å². The van der Waals surface area contributed by atoms with Crippen LogP contribution in [-0.4, -0.2) is 12.6 Å². The molecule has 0 unspecified atom stereocenters. The summed E-state index contributed by atoms with van der Waals surface area (Å²) in [5, 5.41) is 0. The molecule has 0 aliphatic carbocycles. The van der Waals surface area contributed by atoms with Gasteiger partial charge in [0.05, 0.1) is 6.42 Å². The van der Waals surface area contributed by atoms with Gasteiger partial charge in [0.25, 0.3) is 0 Å². The second-order valence-electron chi connectivity index (χ2n) is 0.970. The summed E-state index contributed by atoms with van der Waals surface area (Å²) in [6.07, 6.45) is 0.625. The van der Waals surface area contributed by atoms with E-state index in [1.165, 1.54) is 0 Å². The molecule has 0 atom stereocenters. The van der Waals surface area contributed by atoms with Gasteiger partial charge in [-0.25, -0.2) is 0 Å². The number of ether oxygens (including phenoxy) is 1. The first-order valence-corrected chi connectivity index (χ1v) is 1.55. The Kier molecular flexibility index (Phi) is 2.33. The molecule has 6 heavy (non-hydrogen) atoms. The molecule has 0 radical (unpaired) electrons. The fourth-order valence-corrected chi connectivity index (χ4v) is 0.185. The van der Waals surface area contributed by atoms with Crippen molar-refractivity contribution in [2.75, 3.05) is 6.61 Å². The number of carbonyl (C=O) groups is 1. The van der Waals surface area contributed by atoms with Crippen LogP contribution in [0, 0.1) is 0 Å². The predicted molar refractivity (Wildman–Crippen MR) is 15.6 cm³/mol. The van der Waals surface area contributed by atoms with Crippen LogP contribution >= 0.6 is 0 Å². The summed E-state index contributed by atoms with van der Waals surface area (Å²) in [6, 6.07) is 0. The molecule has 0 amide bonds. The zero-order chi connectivity index (χ0) is 3.70. The van der Waals surface area contributed by atoms with Gasteiger partial charge in [0.15, 0.2) is 0 Å². The Balaban J connectivity index is 0.000000250. The van der Waals surface area contributed by atoms with Crippen LogP contribution in [0.25, 0.3) is 0 Å². The van der Waals surface area contributed by atoms with Gasteiger partial charge in [0.1, 0.15) is 6.61 Å². The molecule has 30 valence electrons. The number of hydrogen-bond acceptors (Lipinski definition) is 2. The largest absolute Gasteiger partial charge is 0.465 e. The van der Waals surface area contributed by atoms with Crippen LogP contribution < -0.4 is 0 Å².